The lowest BCUT2D eigenvalue weighted by molar-refractivity contribution is 0.0939. The van der Waals surface area contributed by atoms with Gasteiger partial charge in [-0.2, -0.15) is 0 Å². The van der Waals surface area contributed by atoms with Gasteiger partial charge in [-0.1, -0.05) is 55.8 Å². The van der Waals surface area contributed by atoms with Gasteiger partial charge < -0.3 is 10.1 Å². The molecule has 1 heterocycles. The molecule has 1 N–H and O–H groups in total. The molecule has 0 spiro atoms. The van der Waals surface area contributed by atoms with Crippen molar-refractivity contribution in [1.82, 2.24) is 5.32 Å². The van der Waals surface area contributed by atoms with Gasteiger partial charge >= 0.3 is 0 Å². The maximum absolute atomic E-state index is 13.2. The fourth-order valence-corrected chi connectivity index (χ4v) is 7.65. The minimum absolute atomic E-state index is 0.131. The molecule has 1 atom stereocenters. The number of carbonyl (C=O) groups excluding carboxylic acids is 1. The lowest BCUT2D eigenvalue weighted by Gasteiger charge is -2.25. The number of hydrogen-bond donors (Lipinski definition) is 1. The van der Waals surface area contributed by atoms with Crippen molar-refractivity contribution in [3.8, 4) is 5.75 Å². The van der Waals surface area contributed by atoms with Crippen LogP contribution in [0.2, 0.25) is 0 Å². The first-order chi connectivity index (χ1) is 15.2. The molecule has 0 aromatic heterocycles. The second-order valence-electron chi connectivity index (χ2n) is 7.62. The summed E-state index contributed by atoms with van der Waals surface area (Å²) in [6.07, 6.45) is 1.90. The largest absolute Gasteiger partial charge is 0.493 e. The van der Waals surface area contributed by atoms with Crippen LogP contribution >= 0.6 is 0 Å². The van der Waals surface area contributed by atoms with Crippen LogP contribution in [0.3, 0.4) is 0 Å². The summed E-state index contributed by atoms with van der Waals surface area (Å²) >= 11 is 0. The molecule has 3 rings (SSSR count). The average Bonchev–Trinajstić information content (AvgIpc) is 2.76. The van der Waals surface area contributed by atoms with Crippen LogP contribution in [-0.4, -0.2) is 46.9 Å². The highest BCUT2D eigenvalue weighted by molar-refractivity contribution is 8.01. The molecule has 9 heteroatoms. The Balaban J connectivity index is 1.95. The molecular formula is C23H27NO6S2. The first kappa shape index (κ1) is 24.0. The van der Waals surface area contributed by atoms with Crippen LogP contribution < -0.4 is 10.1 Å². The standard InChI is InChI=1S/C23H27NO6S2/c1-2-3-13-30-21-12-8-7-11-19(21)23(25)24-20(16-18-9-5-4-6-10-18)22-17-31(26,27)14-15-32(22,28)29/h4-12,17,20H,2-3,13-16H2,1H3,(H,24,25). The average molecular weight is 478 g/mol. The van der Waals surface area contributed by atoms with Gasteiger partial charge in [0.2, 0.25) is 0 Å². The summed E-state index contributed by atoms with van der Waals surface area (Å²) in [7, 11) is -7.51. The lowest BCUT2D eigenvalue weighted by Crippen LogP contribution is -2.42. The van der Waals surface area contributed by atoms with Crippen LogP contribution in [0.5, 0.6) is 5.75 Å². The fraction of sp³-hybridized carbons (Fsp3) is 0.348. The number of nitrogens with one attached hydrogen (secondary N) is 1. The summed E-state index contributed by atoms with van der Waals surface area (Å²) in [5.74, 6) is -1.10. The van der Waals surface area contributed by atoms with Crippen molar-refractivity contribution in [2.75, 3.05) is 18.1 Å². The molecular weight excluding hydrogens is 450 g/mol. The van der Waals surface area contributed by atoms with E-state index >= 15 is 0 Å². The molecule has 172 valence electrons. The van der Waals surface area contributed by atoms with E-state index < -0.39 is 43.1 Å². The van der Waals surface area contributed by atoms with Crippen LogP contribution in [0.25, 0.3) is 0 Å². The minimum atomic E-state index is -3.83. The number of benzene rings is 2. The molecule has 1 aliphatic heterocycles. The molecule has 0 saturated carbocycles. The quantitative estimate of drug-likeness (QED) is 0.557. The van der Waals surface area contributed by atoms with Gasteiger partial charge in [0.25, 0.3) is 5.91 Å². The second-order valence-corrected chi connectivity index (χ2v) is 11.7. The van der Waals surface area contributed by atoms with Crippen molar-refractivity contribution in [1.29, 1.82) is 0 Å². The molecule has 1 aliphatic rings. The molecule has 0 radical (unpaired) electrons. The van der Waals surface area contributed by atoms with Gasteiger partial charge in [0, 0.05) is 5.41 Å². The maximum Gasteiger partial charge on any atom is 0.255 e. The number of para-hydroxylation sites is 1. The zero-order chi connectivity index (χ0) is 23.2. The molecule has 2 aromatic carbocycles. The highest BCUT2D eigenvalue weighted by Crippen LogP contribution is 2.25. The monoisotopic (exact) mass is 477 g/mol. The Morgan fingerprint density at radius 3 is 2.41 bits per heavy atom. The predicted molar refractivity (Wildman–Crippen MR) is 124 cm³/mol. The van der Waals surface area contributed by atoms with E-state index in [1.54, 1.807) is 48.5 Å². The molecule has 1 unspecified atom stereocenters. The van der Waals surface area contributed by atoms with Crippen LogP contribution in [0.15, 0.2) is 64.9 Å². The van der Waals surface area contributed by atoms with Crippen molar-refractivity contribution in [3.63, 3.8) is 0 Å². The SMILES string of the molecule is CCCCOc1ccccc1C(=O)NC(Cc1ccccc1)C1=CS(=O)(=O)CCS1(=O)=O. The maximum atomic E-state index is 13.2. The number of unbranched alkanes of at least 4 members (excludes halogenated alkanes) is 1. The Morgan fingerprint density at radius 1 is 1.00 bits per heavy atom. The normalized spacial score (nSPS) is 17.7. The number of ether oxygens (including phenoxy) is 1. The number of hydrogen-bond acceptors (Lipinski definition) is 6. The van der Waals surface area contributed by atoms with E-state index in [0.29, 0.717) is 12.4 Å². The summed E-state index contributed by atoms with van der Waals surface area (Å²) in [5.41, 5.74) is 1.03. The third-order valence-electron chi connectivity index (χ3n) is 5.11. The molecule has 7 nitrogen and oxygen atoms in total. The Kier molecular flexibility index (Phi) is 7.73. The van der Waals surface area contributed by atoms with Crippen molar-refractivity contribution in [3.05, 3.63) is 76.0 Å². The van der Waals surface area contributed by atoms with E-state index in [0.717, 1.165) is 23.8 Å². The minimum Gasteiger partial charge on any atom is -0.493 e. The zero-order valence-electron chi connectivity index (χ0n) is 17.9. The summed E-state index contributed by atoms with van der Waals surface area (Å²) in [6.45, 7) is 2.48. The molecule has 0 saturated heterocycles. The van der Waals surface area contributed by atoms with Gasteiger partial charge in [0.05, 0.1) is 34.6 Å². The van der Waals surface area contributed by atoms with E-state index in [1.807, 2.05) is 13.0 Å². The van der Waals surface area contributed by atoms with Gasteiger partial charge in [-0.25, -0.2) is 16.8 Å². The Morgan fingerprint density at radius 2 is 1.69 bits per heavy atom. The van der Waals surface area contributed by atoms with Crippen LogP contribution in [0.4, 0.5) is 0 Å². The summed E-state index contributed by atoms with van der Waals surface area (Å²) in [5, 5.41) is 3.54. The third kappa shape index (κ3) is 6.20. The van der Waals surface area contributed by atoms with Gasteiger partial charge in [-0.3, -0.25) is 4.79 Å². The topological polar surface area (TPSA) is 107 Å². The Hall–Kier alpha value is -2.65. The number of sulfone groups is 2. The first-order valence-electron chi connectivity index (χ1n) is 10.5. The van der Waals surface area contributed by atoms with Crippen molar-refractivity contribution in [2.24, 2.45) is 0 Å². The molecule has 0 bridgehead atoms. The van der Waals surface area contributed by atoms with E-state index in [2.05, 4.69) is 5.32 Å². The molecule has 0 fully saturated rings. The number of carbonyl (C=O) groups is 1. The van der Waals surface area contributed by atoms with E-state index in [4.69, 9.17) is 4.74 Å². The van der Waals surface area contributed by atoms with Crippen molar-refractivity contribution >= 4 is 25.6 Å². The number of amides is 1. The van der Waals surface area contributed by atoms with Crippen molar-refractivity contribution < 1.29 is 26.4 Å². The summed E-state index contributed by atoms with van der Waals surface area (Å²) < 4.78 is 55.6. The highest BCUT2D eigenvalue weighted by atomic mass is 32.2. The van der Waals surface area contributed by atoms with Gasteiger partial charge in [-0.15, -0.1) is 0 Å². The van der Waals surface area contributed by atoms with Gasteiger partial charge in [0.1, 0.15) is 5.75 Å². The molecule has 1 amide bonds. The van der Waals surface area contributed by atoms with Gasteiger partial charge in [0.15, 0.2) is 19.7 Å². The third-order valence-corrected chi connectivity index (χ3v) is 8.77. The smallest absolute Gasteiger partial charge is 0.255 e. The van der Waals surface area contributed by atoms with Crippen molar-refractivity contribution in [2.45, 2.75) is 32.2 Å². The van der Waals surface area contributed by atoms with Crippen LogP contribution in [-0.2, 0) is 26.1 Å². The summed E-state index contributed by atoms with van der Waals surface area (Å²) in [6, 6.07) is 14.7. The lowest BCUT2D eigenvalue weighted by atomic mass is 10.0. The van der Waals surface area contributed by atoms with Crippen LogP contribution in [0.1, 0.15) is 35.7 Å². The van der Waals surface area contributed by atoms with E-state index in [1.165, 1.54) is 0 Å². The highest BCUT2D eigenvalue weighted by Gasteiger charge is 2.35. The second kappa shape index (κ2) is 10.3. The zero-order valence-corrected chi connectivity index (χ0v) is 19.5. The Labute approximate surface area is 189 Å². The van der Waals surface area contributed by atoms with Crippen LogP contribution in [0, 0.1) is 0 Å². The number of rotatable bonds is 9. The van der Waals surface area contributed by atoms with E-state index in [-0.39, 0.29) is 16.9 Å². The van der Waals surface area contributed by atoms with Gasteiger partial charge in [-0.05, 0) is 30.5 Å². The molecule has 0 aliphatic carbocycles. The molecule has 2 aromatic rings. The molecule has 32 heavy (non-hydrogen) atoms. The predicted octanol–water partition coefficient (Wildman–Crippen LogP) is 2.89. The Bertz CT molecular complexity index is 1190. The first-order valence-corrected chi connectivity index (χ1v) is 13.8. The van der Waals surface area contributed by atoms with E-state index in [9.17, 15) is 21.6 Å². The summed E-state index contributed by atoms with van der Waals surface area (Å²) in [4.78, 5) is 12.9. The fourth-order valence-electron chi connectivity index (χ4n) is 3.37.